The highest BCUT2D eigenvalue weighted by Crippen LogP contribution is 2.27. The molecule has 1 amide bonds. The van der Waals surface area contributed by atoms with Gasteiger partial charge in [-0.05, 0) is 43.9 Å². The number of hydrogen-bond donors (Lipinski definition) is 0. The Morgan fingerprint density at radius 3 is 2.48 bits per heavy atom. The highest BCUT2D eigenvalue weighted by atomic mass is 35.5. The van der Waals surface area contributed by atoms with E-state index in [4.69, 9.17) is 11.6 Å². The van der Waals surface area contributed by atoms with E-state index in [0.29, 0.717) is 39.0 Å². The summed E-state index contributed by atoms with van der Waals surface area (Å²) in [5.74, 6) is -0.0403. The lowest BCUT2D eigenvalue weighted by molar-refractivity contribution is -0.136. The van der Waals surface area contributed by atoms with Gasteiger partial charge in [0.15, 0.2) is 0 Å². The van der Waals surface area contributed by atoms with Gasteiger partial charge in [0.1, 0.15) is 10.0 Å². The number of amides is 1. The maximum atomic E-state index is 13.0. The molecule has 0 N–H and O–H groups in total. The highest BCUT2D eigenvalue weighted by Gasteiger charge is 2.34. The second-order valence-electron chi connectivity index (χ2n) is 7.12. The number of carbonyl (C=O) groups is 1. The molecule has 0 bridgehead atoms. The Bertz CT molecular complexity index is 929. The van der Waals surface area contributed by atoms with Gasteiger partial charge in [0.05, 0.1) is 0 Å². The number of rotatable bonds is 7. The molecule has 1 fully saturated rings. The van der Waals surface area contributed by atoms with Crippen LogP contribution in [0.1, 0.15) is 25.3 Å². The van der Waals surface area contributed by atoms with Gasteiger partial charge in [0.25, 0.3) is 0 Å². The maximum Gasteiger partial charge on any atom is 0.246 e. The fourth-order valence-corrected chi connectivity index (χ4v) is 5.53. The van der Waals surface area contributed by atoms with Crippen molar-refractivity contribution < 1.29 is 13.2 Å². The zero-order valence-corrected chi connectivity index (χ0v) is 18.1. The van der Waals surface area contributed by atoms with E-state index in [2.05, 4.69) is 17.1 Å². The van der Waals surface area contributed by atoms with Gasteiger partial charge in [-0.1, -0.05) is 41.9 Å². The minimum atomic E-state index is -3.70. The van der Waals surface area contributed by atoms with Crippen LogP contribution < -0.4 is 0 Å². The van der Waals surface area contributed by atoms with E-state index in [9.17, 15) is 13.2 Å². The van der Waals surface area contributed by atoms with Gasteiger partial charge in [-0.25, -0.2) is 13.4 Å². The predicted octanol–water partition coefficient (Wildman–Crippen LogP) is 3.23. The van der Waals surface area contributed by atoms with Gasteiger partial charge < -0.3 is 4.90 Å². The standard InChI is InChI=1S/C21H26ClN3O3S/c1-2-24(14-10-17-7-4-3-5-8-17)21(26)18-11-15-25(16-12-18)29(27,28)19-9-6-13-23-20(19)22/h3-9,13,18H,2,10-12,14-16H2,1H3. The van der Waals surface area contributed by atoms with E-state index in [0.717, 1.165) is 6.42 Å². The number of nitrogens with zero attached hydrogens (tertiary/aromatic N) is 3. The van der Waals surface area contributed by atoms with Crippen LogP contribution in [0.3, 0.4) is 0 Å². The molecule has 1 aliphatic rings. The van der Waals surface area contributed by atoms with Crippen molar-refractivity contribution in [3.05, 3.63) is 59.4 Å². The molecule has 2 heterocycles. The van der Waals surface area contributed by atoms with Crippen molar-refractivity contribution in [2.75, 3.05) is 26.2 Å². The van der Waals surface area contributed by atoms with E-state index >= 15 is 0 Å². The molecule has 6 nitrogen and oxygen atoms in total. The molecule has 0 spiro atoms. The minimum absolute atomic E-state index is 0.0180. The Morgan fingerprint density at radius 2 is 1.86 bits per heavy atom. The lowest BCUT2D eigenvalue weighted by Gasteiger charge is -2.33. The van der Waals surface area contributed by atoms with Crippen LogP contribution in [0.25, 0.3) is 0 Å². The molecule has 8 heteroatoms. The first kappa shape index (κ1) is 21.7. The number of piperidine rings is 1. The van der Waals surface area contributed by atoms with Crippen LogP contribution >= 0.6 is 11.6 Å². The number of halogens is 1. The maximum absolute atomic E-state index is 13.0. The minimum Gasteiger partial charge on any atom is -0.342 e. The van der Waals surface area contributed by atoms with Crippen molar-refractivity contribution in [1.29, 1.82) is 0 Å². The Morgan fingerprint density at radius 1 is 1.17 bits per heavy atom. The Hall–Kier alpha value is -1.96. The second kappa shape index (κ2) is 9.69. The third-order valence-electron chi connectivity index (χ3n) is 5.35. The lowest BCUT2D eigenvalue weighted by Crippen LogP contribution is -2.44. The van der Waals surface area contributed by atoms with Crippen LogP contribution in [0.2, 0.25) is 5.15 Å². The van der Waals surface area contributed by atoms with Crippen LogP contribution in [-0.2, 0) is 21.2 Å². The normalized spacial score (nSPS) is 15.9. The van der Waals surface area contributed by atoms with Gasteiger partial charge in [0.2, 0.25) is 15.9 Å². The molecule has 0 aliphatic carbocycles. The third-order valence-corrected chi connectivity index (χ3v) is 7.70. The zero-order valence-electron chi connectivity index (χ0n) is 16.5. The van der Waals surface area contributed by atoms with E-state index < -0.39 is 10.0 Å². The van der Waals surface area contributed by atoms with Crippen LogP contribution in [0, 0.1) is 5.92 Å². The van der Waals surface area contributed by atoms with Crippen molar-refractivity contribution >= 4 is 27.5 Å². The zero-order chi connectivity index (χ0) is 20.9. The van der Waals surface area contributed by atoms with E-state index in [1.165, 1.54) is 22.1 Å². The summed E-state index contributed by atoms with van der Waals surface area (Å²) in [5.41, 5.74) is 1.20. The summed E-state index contributed by atoms with van der Waals surface area (Å²) < 4.78 is 27.1. The number of aromatic nitrogens is 1. The average Bonchev–Trinajstić information content (AvgIpc) is 2.75. The summed E-state index contributed by atoms with van der Waals surface area (Å²) >= 11 is 5.98. The number of sulfonamides is 1. The number of likely N-dealkylation sites (N-methyl/N-ethyl adjacent to an activating group) is 1. The van der Waals surface area contributed by atoms with Gasteiger partial charge in [-0.3, -0.25) is 4.79 Å². The Labute approximate surface area is 177 Å². The summed E-state index contributed by atoms with van der Waals surface area (Å²) in [7, 11) is -3.70. The van der Waals surface area contributed by atoms with Crippen LogP contribution in [0.5, 0.6) is 0 Å². The summed E-state index contributed by atoms with van der Waals surface area (Å²) in [6.07, 6.45) is 3.30. The van der Waals surface area contributed by atoms with Crippen LogP contribution in [0.4, 0.5) is 0 Å². The first-order chi connectivity index (χ1) is 13.9. The molecule has 29 heavy (non-hydrogen) atoms. The number of pyridine rings is 1. The molecule has 1 aromatic heterocycles. The van der Waals surface area contributed by atoms with Crippen molar-refractivity contribution in [3.8, 4) is 0 Å². The first-order valence-electron chi connectivity index (χ1n) is 9.87. The monoisotopic (exact) mass is 435 g/mol. The molecule has 156 valence electrons. The van der Waals surface area contributed by atoms with Crippen molar-refractivity contribution in [2.45, 2.75) is 31.1 Å². The summed E-state index contributed by atoms with van der Waals surface area (Å²) in [6, 6.07) is 13.1. The van der Waals surface area contributed by atoms with Gasteiger partial charge in [0, 0.05) is 38.3 Å². The van der Waals surface area contributed by atoms with Crippen molar-refractivity contribution in [3.63, 3.8) is 0 Å². The molecule has 3 rings (SSSR count). The lowest BCUT2D eigenvalue weighted by atomic mass is 9.96. The van der Waals surface area contributed by atoms with Gasteiger partial charge in [-0.15, -0.1) is 0 Å². The molecule has 0 atom stereocenters. The average molecular weight is 436 g/mol. The predicted molar refractivity (Wildman–Crippen MR) is 113 cm³/mol. The molecular weight excluding hydrogens is 410 g/mol. The molecule has 0 saturated carbocycles. The first-order valence-corrected chi connectivity index (χ1v) is 11.7. The SMILES string of the molecule is CCN(CCc1ccccc1)C(=O)C1CCN(S(=O)(=O)c2cccnc2Cl)CC1. The number of benzene rings is 1. The van der Waals surface area contributed by atoms with E-state index in [1.807, 2.05) is 30.0 Å². The van der Waals surface area contributed by atoms with Crippen LogP contribution in [0.15, 0.2) is 53.6 Å². The molecule has 1 saturated heterocycles. The smallest absolute Gasteiger partial charge is 0.246 e. The number of hydrogen-bond acceptors (Lipinski definition) is 4. The Balaban J connectivity index is 1.59. The Kier molecular flexibility index (Phi) is 7.27. The molecular formula is C21H26ClN3O3S. The van der Waals surface area contributed by atoms with Crippen molar-refractivity contribution in [2.24, 2.45) is 5.92 Å². The number of carbonyl (C=O) groups excluding carboxylic acids is 1. The summed E-state index contributed by atoms with van der Waals surface area (Å²) in [5, 5.41) is -0.0243. The summed E-state index contributed by atoms with van der Waals surface area (Å²) in [4.78, 5) is 18.7. The molecule has 2 aromatic rings. The topological polar surface area (TPSA) is 70.6 Å². The molecule has 0 unspecified atom stereocenters. The summed E-state index contributed by atoms with van der Waals surface area (Å²) in [6.45, 7) is 3.91. The van der Waals surface area contributed by atoms with Crippen LogP contribution in [-0.4, -0.2) is 54.7 Å². The third kappa shape index (κ3) is 5.15. The van der Waals surface area contributed by atoms with E-state index in [-0.39, 0.29) is 21.9 Å². The van der Waals surface area contributed by atoms with Gasteiger partial charge >= 0.3 is 0 Å². The second-order valence-corrected chi connectivity index (χ2v) is 9.39. The molecule has 0 radical (unpaired) electrons. The van der Waals surface area contributed by atoms with E-state index in [1.54, 1.807) is 6.07 Å². The highest BCUT2D eigenvalue weighted by molar-refractivity contribution is 7.89. The molecule has 1 aliphatic heterocycles. The van der Waals surface area contributed by atoms with Gasteiger partial charge in [-0.2, -0.15) is 4.31 Å². The molecule has 1 aromatic carbocycles. The van der Waals surface area contributed by atoms with Crippen molar-refractivity contribution in [1.82, 2.24) is 14.2 Å². The fourth-order valence-electron chi connectivity index (χ4n) is 3.64. The fraction of sp³-hybridized carbons (Fsp3) is 0.429. The quantitative estimate of drug-likeness (QED) is 0.626. The largest absolute Gasteiger partial charge is 0.342 e.